The van der Waals surface area contributed by atoms with Gasteiger partial charge in [-0.15, -0.1) is 0 Å². The second-order valence-corrected chi connectivity index (χ2v) is 6.99. The number of alkyl halides is 3. The molecule has 0 radical (unpaired) electrons. The SMILES string of the molecule is CSCC(=O)Nc1cc(C(=O)N2CC(n3cccn3)C2)cc(C(F)(F)F)c1. The van der Waals surface area contributed by atoms with E-state index < -0.39 is 23.6 Å². The van der Waals surface area contributed by atoms with Gasteiger partial charge < -0.3 is 10.2 Å². The molecule has 1 saturated heterocycles. The first-order chi connectivity index (χ1) is 12.8. The number of thioether (sulfide) groups is 1. The van der Waals surface area contributed by atoms with Gasteiger partial charge in [0.1, 0.15) is 0 Å². The van der Waals surface area contributed by atoms with Gasteiger partial charge in [-0.3, -0.25) is 14.3 Å². The smallest absolute Gasteiger partial charge is 0.334 e. The van der Waals surface area contributed by atoms with Gasteiger partial charge in [0.25, 0.3) is 5.91 Å². The third kappa shape index (κ3) is 4.44. The van der Waals surface area contributed by atoms with Crippen LogP contribution in [0.2, 0.25) is 0 Å². The van der Waals surface area contributed by atoms with Crippen LogP contribution in [-0.2, 0) is 11.0 Å². The fraction of sp³-hybridized carbons (Fsp3) is 0.353. The first-order valence-electron chi connectivity index (χ1n) is 8.07. The van der Waals surface area contributed by atoms with Crippen LogP contribution >= 0.6 is 11.8 Å². The highest BCUT2D eigenvalue weighted by Gasteiger charge is 2.35. The number of anilines is 1. The molecule has 3 rings (SSSR count). The number of aromatic nitrogens is 2. The van der Waals surface area contributed by atoms with Crippen LogP contribution in [0.1, 0.15) is 22.0 Å². The summed E-state index contributed by atoms with van der Waals surface area (Å²) in [5, 5.41) is 6.51. The molecule has 0 atom stereocenters. The standard InChI is InChI=1S/C17H17F3N4O2S/c1-27-10-15(25)22-13-6-11(5-12(7-13)17(18,19)20)16(26)23-8-14(9-23)24-4-2-3-21-24/h2-7,14H,8-10H2,1H3,(H,22,25). The van der Waals surface area contributed by atoms with Crippen LogP contribution in [0.3, 0.4) is 0 Å². The lowest BCUT2D eigenvalue weighted by Gasteiger charge is -2.39. The van der Waals surface area contributed by atoms with Crippen molar-refractivity contribution < 1.29 is 22.8 Å². The summed E-state index contributed by atoms with van der Waals surface area (Å²) in [6, 6.07) is 4.69. The van der Waals surface area contributed by atoms with Crippen molar-refractivity contribution in [2.75, 3.05) is 30.4 Å². The number of nitrogens with zero attached hydrogens (tertiary/aromatic N) is 3. The Morgan fingerprint density at radius 2 is 2.04 bits per heavy atom. The molecule has 0 bridgehead atoms. The summed E-state index contributed by atoms with van der Waals surface area (Å²) in [6.45, 7) is 0.732. The minimum absolute atomic E-state index is 0.00972. The van der Waals surface area contributed by atoms with Crippen LogP contribution in [-0.4, -0.2) is 51.6 Å². The number of amides is 2. The predicted molar refractivity (Wildman–Crippen MR) is 95.6 cm³/mol. The van der Waals surface area contributed by atoms with Gasteiger partial charge in [0, 0.05) is 36.7 Å². The summed E-state index contributed by atoms with van der Waals surface area (Å²) in [4.78, 5) is 25.8. The maximum absolute atomic E-state index is 13.2. The van der Waals surface area contributed by atoms with E-state index in [9.17, 15) is 22.8 Å². The molecule has 6 nitrogen and oxygen atoms in total. The highest BCUT2D eigenvalue weighted by Crippen LogP contribution is 2.33. The number of likely N-dealkylation sites (tertiary alicyclic amines) is 1. The van der Waals surface area contributed by atoms with Gasteiger partial charge in [0.05, 0.1) is 17.4 Å². The molecular formula is C17H17F3N4O2S. The zero-order valence-electron chi connectivity index (χ0n) is 14.4. The molecule has 0 saturated carbocycles. The molecule has 10 heteroatoms. The first-order valence-corrected chi connectivity index (χ1v) is 9.47. The number of benzene rings is 1. The Kier molecular flexibility index (Phi) is 5.45. The molecule has 1 aromatic carbocycles. The minimum atomic E-state index is -4.62. The van der Waals surface area contributed by atoms with Gasteiger partial charge in [0.15, 0.2) is 0 Å². The molecule has 1 aromatic heterocycles. The van der Waals surface area contributed by atoms with Gasteiger partial charge >= 0.3 is 6.18 Å². The third-order valence-corrected chi connectivity index (χ3v) is 4.67. The summed E-state index contributed by atoms with van der Waals surface area (Å²) >= 11 is 1.25. The van der Waals surface area contributed by atoms with Crippen LogP contribution in [0.25, 0.3) is 0 Å². The van der Waals surface area contributed by atoms with Crippen molar-refractivity contribution in [3.63, 3.8) is 0 Å². The molecule has 0 unspecified atom stereocenters. The van der Waals surface area contributed by atoms with E-state index in [2.05, 4.69) is 10.4 Å². The highest BCUT2D eigenvalue weighted by atomic mass is 32.2. The number of rotatable bonds is 5. The Balaban J connectivity index is 1.79. The molecule has 2 heterocycles. The van der Waals surface area contributed by atoms with Gasteiger partial charge in [-0.05, 0) is 30.5 Å². The Hall–Kier alpha value is -2.49. The fourth-order valence-electron chi connectivity index (χ4n) is 2.78. The Morgan fingerprint density at radius 1 is 1.30 bits per heavy atom. The van der Waals surface area contributed by atoms with Crippen molar-refractivity contribution in [3.8, 4) is 0 Å². The average molecular weight is 398 g/mol. The van der Waals surface area contributed by atoms with E-state index in [0.29, 0.717) is 13.1 Å². The number of halogens is 3. The first kappa shape index (κ1) is 19.3. The molecule has 1 fully saturated rings. The van der Waals surface area contributed by atoms with Gasteiger partial charge in [0.2, 0.25) is 5.91 Å². The van der Waals surface area contributed by atoms with E-state index in [1.54, 1.807) is 29.4 Å². The van der Waals surface area contributed by atoms with Crippen LogP contribution in [0.15, 0.2) is 36.7 Å². The van der Waals surface area contributed by atoms with Crippen molar-refractivity contribution in [1.82, 2.24) is 14.7 Å². The zero-order valence-corrected chi connectivity index (χ0v) is 15.2. The lowest BCUT2D eigenvalue weighted by Crippen LogP contribution is -2.50. The van der Waals surface area contributed by atoms with Crippen molar-refractivity contribution in [3.05, 3.63) is 47.8 Å². The van der Waals surface area contributed by atoms with Crippen molar-refractivity contribution in [1.29, 1.82) is 0 Å². The summed E-state index contributed by atoms with van der Waals surface area (Å²) in [5.74, 6) is -0.829. The van der Waals surface area contributed by atoms with E-state index in [4.69, 9.17) is 0 Å². The number of nitrogens with one attached hydrogen (secondary N) is 1. The van der Waals surface area contributed by atoms with E-state index in [1.807, 2.05) is 0 Å². The molecule has 0 spiro atoms. The van der Waals surface area contributed by atoms with Crippen LogP contribution < -0.4 is 5.32 Å². The molecule has 2 aromatic rings. The Labute approximate surface area is 157 Å². The maximum atomic E-state index is 13.2. The maximum Gasteiger partial charge on any atom is 0.416 e. The van der Waals surface area contributed by atoms with Gasteiger partial charge in [-0.2, -0.15) is 30.0 Å². The number of carbonyl (C=O) groups excluding carboxylic acids is 2. The zero-order chi connectivity index (χ0) is 19.6. The Bertz CT molecular complexity index is 833. The molecule has 27 heavy (non-hydrogen) atoms. The molecule has 1 aliphatic heterocycles. The summed E-state index contributed by atoms with van der Waals surface area (Å²) in [6.07, 6.45) is 0.485. The molecular weight excluding hydrogens is 381 g/mol. The fourth-order valence-corrected chi connectivity index (χ4v) is 3.12. The monoisotopic (exact) mass is 398 g/mol. The normalized spacial score (nSPS) is 14.7. The second kappa shape index (κ2) is 7.63. The van der Waals surface area contributed by atoms with Crippen LogP contribution in [0, 0.1) is 0 Å². The number of carbonyl (C=O) groups is 2. The summed E-state index contributed by atoms with van der Waals surface area (Å²) in [7, 11) is 0. The topological polar surface area (TPSA) is 67.2 Å². The van der Waals surface area contributed by atoms with Crippen molar-refractivity contribution in [2.24, 2.45) is 0 Å². The summed E-state index contributed by atoms with van der Waals surface area (Å²) in [5.41, 5.74) is -1.13. The van der Waals surface area contributed by atoms with Gasteiger partial charge in [-0.25, -0.2) is 0 Å². The minimum Gasteiger partial charge on any atom is -0.334 e. The molecule has 1 N–H and O–H groups in total. The lowest BCUT2D eigenvalue weighted by atomic mass is 10.0. The second-order valence-electron chi connectivity index (χ2n) is 6.13. The van der Waals surface area contributed by atoms with Crippen LogP contribution in [0.4, 0.5) is 18.9 Å². The number of hydrogen-bond donors (Lipinski definition) is 1. The van der Waals surface area contributed by atoms with Gasteiger partial charge in [-0.1, -0.05) is 0 Å². The molecule has 2 amide bonds. The van der Waals surface area contributed by atoms with E-state index >= 15 is 0 Å². The molecule has 144 valence electrons. The van der Waals surface area contributed by atoms with Crippen molar-refractivity contribution in [2.45, 2.75) is 12.2 Å². The largest absolute Gasteiger partial charge is 0.416 e. The van der Waals surface area contributed by atoms with Crippen molar-refractivity contribution >= 4 is 29.3 Å². The molecule has 0 aliphatic carbocycles. The third-order valence-electron chi connectivity index (χ3n) is 4.11. The molecule has 1 aliphatic rings. The van der Waals surface area contributed by atoms with E-state index in [-0.39, 0.29) is 23.0 Å². The van der Waals surface area contributed by atoms with Crippen LogP contribution in [0.5, 0.6) is 0 Å². The summed E-state index contributed by atoms with van der Waals surface area (Å²) < 4.78 is 41.3. The Morgan fingerprint density at radius 3 is 2.63 bits per heavy atom. The number of hydrogen-bond acceptors (Lipinski definition) is 4. The highest BCUT2D eigenvalue weighted by molar-refractivity contribution is 7.99. The van der Waals surface area contributed by atoms with E-state index in [1.165, 1.54) is 22.7 Å². The lowest BCUT2D eigenvalue weighted by molar-refractivity contribution is -0.137. The quantitative estimate of drug-likeness (QED) is 0.841. The average Bonchev–Trinajstić information content (AvgIpc) is 3.06. The predicted octanol–water partition coefficient (Wildman–Crippen LogP) is 2.90. The van der Waals surface area contributed by atoms with E-state index in [0.717, 1.165) is 12.1 Å².